The van der Waals surface area contributed by atoms with Gasteiger partial charge in [-0.3, -0.25) is 0 Å². The first-order chi connectivity index (χ1) is 35.7. The predicted molar refractivity (Wildman–Crippen MR) is 309 cm³/mol. The molecule has 0 amide bonds. The summed E-state index contributed by atoms with van der Waals surface area (Å²) in [6.45, 7) is 0. The van der Waals surface area contributed by atoms with Crippen molar-refractivity contribution < 1.29 is 0 Å². The minimum atomic E-state index is 1.09. The van der Waals surface area contributed by atoms with E-state index < -0.39 is 0 Å². The van der Waals surface area contributed by atoms with Crippen LogP contribution in [-0.2, 0) is 0 Å². The highest BCUT2D eigenvalue weighted by Gasteiger charge is 2.25. The molecule has 0 aliphatic heterocycles. The lowest BCUT2D eigenvalue weighted by atomic mass is 9.82. The Kier molecular flexibility index (Phi) is 9.89. The summed E-state index contributed by atoms with van der Waals surface area (Å²) in [5.74, 6) is 0. The highest BCUT2D eigenvalue weighted by molar-refractivity contribution is 6.28. The second-order valence-electron chi connectivity index (χ2n) is 18.8. The van der Waals surface area contributed by atoms with Crippen molar-refractivity contribution in [1.29, 1.82) is 0 Å². The van der Waals surface area contributed by atoms with Gasteiger partial charge in [-0.25, -0.2) is 0 Å². The van der Waals surface area contributed by atoms with Crippen LogP contribution in [0.1, 0.15) is 0 Å². The number of hydrogen-bond donors (Lipinski definition) is 0. The zero-order valence-corrected chi connectivity index (χ0v) is 39.5. The van der Waals surface area contributed by atoms with Crippen LogP contribution in [0.15, 0.2) is 279 Å². The number of para-hydroxylation sites is 2. The van der Waals surface area contributed by atoms with Gasteiger partial charge >= 0.3 is 0 Å². The van der Waals surface area contributed by atoms with Gasteiger partial charge in [0.2, 0.25) is 0 Å². The second-order valence-corrected chi connectivity index (χ2v) is 18.8. The standard InChI is InChI=1S/C70H46N2/c1-3-27-51(28-4-1)71(67-38-18-25-48-21-8-13-33-57(48)67)53-41-43-63-65(45-53)69(61-37-17-24-47-20-7-11-31-55(47)61)62-42-40-54(72(52-29-5-2-6-30-52)68-39-19-26-49-22-9-14-34-58(49)68)46-66(62)70(63)64-44-50-23-10-12-32-56(50)59-35-15-16-36-60(59)64/h1-46H. The Hall–Kier alpha value is -9.50. The summed E-state index contributed by atoms with van der Waals surface area (Å²) >= 11 is 0. The van der Waals surface area contributed by atoms with Crippen LogP contribution in [0.3, 0.4) is 0 Å². The zero-order chi connectivity index (χ0) is 47.5. The van der Waals surface area contributed by atoms with Gasteiger partial charge in [-0.05, 0) is 154 Å². The van der Waals surface area contributed by atoms with Gasteiger partial charge < -0.3 is 9.80 Å². The summed E-state index contributed by atoms with van der Waals surface area (Å²) in [6, 6.07) is 103. The van der Waals surface area contributed by atoms with Crippen LogP contribution >= 0.6 is 0 Å². The lowest BCUT2D eigenvalue weighted by Gasteiger charge is -2.29. The van der Waals surface area contributed by atoms with Crippen LogP contribution in [-0.4, -0.2) is 0 Å². The molecular formula is C70H46N2. The Morgan fingerprint density at radius 1 is 0.181 bits per heavy atom. The third kappa shape index (κ3) is 6.80. The lowest BCUT2D eigenvalue weighted by Crippen LogP contribution is -2.11. The predicted octanol–water partition coefficient (Wildman–Crippen LogP) is 20.0. The van der Waals surface area contributed by atoms with Gasteiger partial charge in [-0.1, -0.05) is 212 Å². The number of benzene rings is 14. The van der Waals surface area contributed by atoms with Gasteiger partial charge in [0.1, 0.15) is 0 Å². The van der Waals surface area contributed by atoms with E-state index in [1.165, 1.54) is 97.7 Å². The van der Waals surface area contributed by atoms with Crippen LogP contribution in [0.2, 0.25) is 0 Å². The summed E-state index contributed by atoms with van der Waals surface area (Å²) in [5.41, 5.74) is 11.5. The molecular weight excluding hydrogens is 869 g/mol. The molecule has 0 fully saturated rings. The van der Waals surface area contributed by atoms with E-state index in [1.54, 1.807) is 0 Å². The van der Waals surface area contributed by atoms with Crippen molar-refractivity contribution in [3.8, 4) is 22.3 Å². The monoisotopic (exact) mass is 914 g/mol. The summed E-state index contributed by atoms with van der Waals surface area (Å²) in [6.07, 6.45) is 0. The van der Waals surface area contributed by atoms with Crippen molar-refractivity contribution >= 4 is 110 Å². The molecule has 0 radical (unpaired) electrons. The Morgan fingerprint density at radius 3 is 1.11 bits per heavy atom. The van der Waals surface area contributed by atoms with Gasteiger partial charge in [0, 0.05) is 33.5 Å². The van der Waals surface area contributed by atoms with Gasteiger partial charge in [0.25, 0.3) is 0 Å². The SMILES string of the molecule is c1ccc(N(c2ccc3c(-c4cc5ccccc5c5ccccc45)c4cc(N(c5ccccc5)c5cccc6ccccc56)ccc4c(-c4cccc5ccccc45)c3c2)c2cccc3ccccc23)cc1. The Morgan fingerprint density at radius 2 is 0.569 bits per heavy atom. The first-order valence-corrected chi connectivity index (χ1v) is 24.8. The normalized spacial score (nSPS) is 11.6. The minimum Gasteiger partial charge on any atom is -0.310 e. The molecule has 0 unspecified atom stereocenters. The summed E-state index contributed by atoms with van der Waals surface area (Å²) in [7, 11) is 0. The molecule has 0 aromatic heterocycles. The topological polar surface area (TPSA) is 6.48 Å². The van der Waals surface area contributed by atoms with Crippen molar-refractivity contribution in [3.05, 3.63) is 279 Å². The average molecular weight is 915 g/mol. The van der Waals surface area contributed by atoms with Gasteiger partial charge in [0.05, 0.1) is 11.4 Å². The molecule has 0 aliphatic rings. The first-order valence-electron chi connectivity index (χ1n) is 24.8. The number of rotatable bonds is 8. The molecule has 14 aromatic carbocycles. The number of fused-ring (bicyclic) bond motifs is 8. The van der Waals surface area contributed by atoms with Crippen LogP contribution in [0.25, 0.3) is 97.7 Å². The quantitative estimate of drug-likeness (QED) is 0.111. The van der Waals surface area contributed by atoms with E-state index >= 15 is 0 Å². The van der Waals surface area contributed by atoms with Crippen molar-refractivity contribution in [2.45, 2.75) is 0 Å². The van der Waals surface area contributed by atoms with Crippen LogP contribution < -0.4 is 9.80 Å². The molecule has 2 heteroatoms. The Balaban J connectivity index is 1.16. The fraction of sp³-hybridized carbons (Fsp3) is 0. The van der Waals surface area contributed by atoms with Crippen LogP contribution in [0.4, 0.5) is 34.1 Å². The van der Waals surface area contributed by atoms with Gasteiger partial charge in [-0.2, -0.15) is 0 Å². The maximum atomic E-state index is 2.47. The number of anilines is 6. The summed E-state index contributed by atoms with van der Waals surface area (Å²) < 4.78 is 0. The molecule has 2 nitrogen and oxygen atoms in total. The van der Waals surface area contributed by atoms with Crippen LogP contribution in [0.5, 0.6) is 0 Å². The maximum Gasteiger partial charge on any atom is 0.0540 e. The molecule has 72 heavy (non-hydrogen) atoms. The first kappa shape index (κ1) is 41.5. The van der Waals surface area contributed by atoms with Gasteiger partial charge in [-0.15, -0.1) is 0 Å². The number of nitrogens with zero attached hydrogens (tertiary/aromatic N) is 2. The molecule has 0 spiro atoms. The van der Waals surface area contributed by atoms with Crippen molar-refractivity contribution in [2.75, 3.05) is 9.80 Å². The van der Waals surface area contributed by atoms with Crippen LogP contribution in [0, 0.1) is 0 Å². The molecule has 0 bridgehead atoms. The molecule has 0 N–H and O–H groups in total. The van der Waals surface area contributed by atoms with E-state index in [-0.39, 0.29) is 0 Å². The smallest absolute Gasteiger partial charge is 0.0540 e. The molecule has 0 aliphatic carbocycles. The van der Waals surface area contributed by atoms with E-state index in [4.69, 9.17) is 0 Å². The lowest BCUT2D eigenvalue weighted by molar-refractivity contribution is 1.30. The third-order valence-electron chi connectivity index (χ3n) is 14.7. The van der Waals surface area contributed by atoms with E-state index in [9.17, 15) is 0 Å². The fourth-order valence-electron chi connectivity index (χ4n) is 11.6. The van der Waals surface area contributed by atoms with E-state index in [0.29, 0.717) is 0 Å². The van der Waals surface area contributed by atoms with E-state index in [0.717, 1.165) is 34.1 Å². The minimum absolute atomic E-state index is 1.09. The molecule has 0 heterocycles. The zero-order valence-electron chi connectivity index (χ0n) is 39.5. The molecule has 0 saturated carbocycles. The third-order valence-corrected chi connectivity index (χ3v) is 14.7. The Bertz CT molecular complexity index is 4390. The van der Waals surface area contributed by atoms with E-state index in [1.807, 2.05) is 0 Å². The molecule has 14 rings (SSSR count). The molecule has 0 saturated heterocycles. The highest BCUT2D eigenvalue weighted by atomic mass is 15.1. The highest BCUT2D eigenvalue weighted by Crippen LogP contribution is 2.51. The van der Waals surface area contributed by atoms with E-state index in [2.05, 4.69) is 289 Å². The summed E-state index contributed by atoms with van der Waals surface area (Å²) in [5, 5.41) is 16.9. The second kappa shape index (κ2) is 17.2. The van der Waals surface area contributed by atoms with Crippen molar-refractivity contribution in [3.63, 3.8) is 0 Å². The largest absolute Gasteiger partial charge is 0.310 e. The average Bonchev–Trinajstić information content (AvgIpc) is 3.45. The molecule has 14 aromatic rings. The Labute approximate surface area is 418 Å². The number of hydrogen-bond acceptors (Lipinski definition) is 2. The fourth-order valence-corrected chi connectivity index (χ4v) is 11.6. The molecule has 0 atom stereocenters. The molecule has 336 valence electrons. The van der Waals surface area contributed by atoms with Crippen molar-refractivity contribution in [2.24, 2.45) is 0 Å². The van der Waals surface area contributed by atoms with Crippen molar-refractivity contribution in [1.82, 2.24) is 0 Å². The summed E-state index contributed by atoms with van der Waals surface area (Å²) in [4.78, 5) is 4.88. The maximum absolute atomic E-state index is 2.47. The van der Waals surface area contributed by atoms with Gasteiger partial charge in [0.15, 0.2) is 0 Å².